The lowest BCUT2D eigenvalue weighted by molar-refractivity contribution is -0.130. The molecule has 2 atom stereocenters. The molecule has 1 aromatic carbocycles. The zero-order valence-electron chi connectivity index (χ0n) is 19.5. The third-order valence-corrected chi connectivity index (χ3v) is 7.78. The van der Waals surface area contributed by atoms with Crippen LogP contribution in [0.4, 0.5) is 14.7 Å². The van der Waals surface area contributed by atoms with Gasteiger partial charge in [0.05, 0.1) is 17.6 Å². The van der Waals surface area contributed by atoms with Gasteiger partial charge in [-0.15, -0.1) is 10.2 Å². The highest BCUT2D eigenvalue weighted by molar-refractivity contribution is 9.10. The predicted molar refractivity (Wildman–Crippen MR) is 136 cm³/mol. The molecule has 0 spiro atoms. The van der Waals surface area contributed by atoms with E-state index in [2.05, 4.69) is 46.8 Å². The van der Waals surface area contributed by atoms with Crippen LogP contribution in [-0.4, -0.2) is 54.9 Å². The highest BCUT2D eigenvalue weighted by Gasteiger charge is 2.41. The normalized spacial score (nSPS) is 19.8. The Hall–Kier alpha value is -3.06. The van der Waals surface area contributed by atoms with E-state index in [1.807, 2.05) is 31.2 Å². The first-order valence-corrected chi connectivity index (χ1v) is 13.0. The highest BCUT2D eigenvalue weighted by atomic mass is 79.9. The summed E-state index contributed by atoms with van der Waals surface area (Å²) in [7, 11) is 0. The quantitative estimate of drug-likeness (QED) is 0.326. The summed E-state index contributed by atoms with van der Waals surface area (Å²) in [5, 5.41) is 21.0. The van der Waals surface area contributed by atoms with Gasteiger partial charge in [-0.25, -0.2) is 18.4 Å². The number of nitrogens with zero attached hydrogens (tertiary/aromatic N) is 6. The van der Waals surface area contributed by atoms with Crippen LogP contribution >= 0.6 is 27.3 Å². The molecular formula is C23H23BrF2N8OS. The van der Waals surface area contributed by atoms with Gasteiger partial charge in [-0.1, -0.05) is 18.3 Å². The number of aryl methyl sites for hydroxylation is 1. The van der Waals surface area contributed by atoms with Crippen molar-refractivity contribution in [2.45, 2.75) is 45.6 Å². The Bertz CT molecular complexity index is 1410. The van der Waals surface area contributed by atoms with E-state index in [4.69, 9.17) is 4.98 Å². The Labute approximate surface area is 217 Å². The van der Waals surface area contributed by atoms with Gasteiger partial charge in [0.2, 0.25) is 11.9 Å². The third-order valence-electron chi connectivity index (χ3n) is 6.30. The molecule has 9 nitrogen and oxygen atoms in total. The molecule has 1 fully saturated rings. The zero-order valence-corrected chi connectivity index (χ0v) is 21.9. The minimum Gasteiger partial charge on any atom is -0.351 e. The minimum absolute atomic E-state index is 0.0563. The molecule has 3 aromatic heterocycles. The molecule has 3 heterocycles. The second-order valence-electron chi connectivity index (χ2n) is 9.05. The first-order valence-electron chi connectivity index (χ1n) is 11.4. The Morgan fingerprint density at radius 1 is 1.31 bits per heavy atom. The molecule has 1 amide bonds. The number of alkyl halides is 2. The van der Waals surface area contributed by atoms with E-state index in [1.54, 1.807) is 17.8 Å². The van der Waals surface area contributed by atoms with Crippen molar-refractivity contribution in [1.29, 1.82) is 0 Å². The number of halogens is 3. The van der Waals surface area contributed by atoms with Gasteiger partial charge >= 0.3 is 0 Å². The predicted octanol–water partition coefficient (Wildman–Crippen LogP) is 4.76. The monoisotopic (exact) mass is 576 g/mol. The number of carbonyl (C=O) groups is 1. The van der Waals surface area contributed by atoms with E-state index in [1.165, 1.54) is 11.3 Å². The lowest BCUT2D eigenvalue weighted by Gasteiger charge is -2.23. The van der Waals surface area contributed by atoms with E-state index in [0.29, 0.717) is 35.5 Å². The molecule has 1 saturated carbocycles. The molecule has 36 heavy (non-hydrogen) atoms. The number of fused-ring (bicyclic) bond motifs is 1. The Balaban J connectivity index is 1.35. The fraction of sp³-hybridized carbons (Fsp3) is 0.391. The van der Waals surface area contributed by atoms with Gasteiger partial charge in [0.1, 0.15) is 14.6 Å². The standard InChI is InChI=1S/C23H23BrF2N8OS/c1-12-31-32-20(36-12)13-3-5-15(6-4-13)34-19-16(18(24)33-34)10-28-22(30-19)29-14-7-8-23(2,9-14)21(35)27-11-17(25)26/h3-6,10,14,17H,7-9,11H2,1-2H3,(H,27,35)(H,28,29,30)/t14-,23-/m1/s1. The zero-order chi connectivity index (χ0) is 25.4. The number of amides is 1. The SMILES string of the molecule is Cc1nnc(-c2ccc(-n3nc(Br)c4cnc(N[C@@H]5CC[C@@](C)(C(=O)NCC(F)F)C5)nc43)cc2)s1. The molecule has 0 unspecified atom stereocenters. The van der Waals surface area contributed by atoms with E-state index in [9.17, 15) is 13.6 Å². The maximum Gasteiger partial charge on any atom is 0.255 e. The molecule has 5 rings (SSSR count). The fourth-order valence-corrected chi connectivity index (χ4v) is 5.55. The maximum absolute atomic E-state index is 12.5. The summed E-state index contributed by atoms with van der Waals surface area (Å²) >= 11 is 5.02. The van der Waals surface area contributed by atoms with Crippen molar-refractivity contribution in [3.63, 3.8) is 0 Å². The number of hydrogen-bond acceptors (Lipinski definition) is 8. The van der Waals surface area contributed by atoms with Crippen molar-refractivity contribution in [2.75, 3.05) is 11.9 Å². The Morgan fingerprint density at radius 2 is 2.08 bits per heavy atom. The molecular weight excluding hydrogens is 554 g/mol. The molecule has 0 radical (unpaired) electrons. The van der Waals surface area contributed by atoms with Crippen molar-refractivity contribution in [2.24, 2.45) is 5.41 Å². The van der Waals surface area contributed by atoms with Gasteiger partial charge in [0.25, 0.3) is 6.43 Å². The van der Waals surface area contributed by atoms with Crippen molar-refractivity contribution in [3.05, 3.63) is 40.1 Å². The summed E-state index contributed by atoms with van der Waals surface area (Å²) in [6.45, 7) is 3.09. The van der Waals surface area contributed by atoms with E-state index < -0.39 is 18.4 Å². The third kappa shape index (κ3) is 4.94. The first-order chi connectivity index (χ1) is 17.2. The first kappa shape index (κ1) is 24.6. The second-order valence-corrected chi connectivity index (χ2v) is 11.0. The molecule has 0 aliphatic heterocycles. The van der Waals surface area contributed by atoms with Crippen molar-refractivity contribution in [1.82, 2.24) is 35.3 Å². The average Bonchev–Trinajstić information content (AvgIpc) is 3.55. The summed E-state index contributed by atoms with van der Waals surface area (Å²) in [5.41, 5.74) is 1.70. The van der Waals surface area contributed by atoms with Gasteiger partial charge in [0, 0.05) is 23.2 Å². The summed E-state index contributed by atoms with van der Waals surface area (Å²) < 4.78 is 27.3. The lowest BCUT2D eigenvalue weighted by Crippen LogP contribution is -2.40. The summed E-state index contributed by atoms with van der Waals surface area (Å²) in [4.78, 5) is 21.6. The molecule has 0 bridgehead atoms. The largest absolute Gasteiger partial charge is 0.351 e. The van der Waals surface area contributed by atoms with Crippen LogP contribution in [0, 0.1) is 12.3 Å². The molecule has 1 aliphatic rings. The molecule has 13 heteroatoms. The van der Waals surface area contributed by atoms with Crippen molar-refractivity contribution in [3.8, 4) is 16.3 Å². The van der Waals surface area contributed by atoms with Gasteiger partial charge in [-0.2, -0.15) is 10.1 Å². The second kappa shape index (κ2) is 9.77. The van der Waals surface area contributed by atoms with Crippen molar-refractivity contribution >= 4 is 50.2 Å². The van der Waals surface area contributed by atoms with E-state index in [-0.39, 0.29) is 11.9 Å². The summed E-state index contributed by atoms with van der Waals surface area (Å²) in [5.74, 6) is 0.0666. The lowest BCUT2D eigenvalue weighted by atomic mass is 9.87. The average molecular weight is 577 g/mol. The number of hydrogen-bond donors (Lipinski definition) is 2. The molecule has 2 N–H and O–H groups in total. The molecule has 188 valence electrons. The minimum atomic E-state index is -2.57. The number of anilines is 1. The van der Waals surface area contributed by atoms with Gasteiger partial charge in [0.15, 0.2) is 5.65 Å². The van der Waals surface area contributed by atoms with Crippen LogP contribution in [0.25, 0.3) is 27.3 Å². The van der Waals surface area contributed by atoms with Gasteiger partial charge in [-0.3, -0.25) is 4.79 Å². The van der Waals surface area contributed by atoms with Crippen LogP contribution in [0.5, 0.6) is 0 Å². The maximum atomic E-state index is 12.5. The van der Waals surface area contributed by atoms with Crippen LogP contribution in [0.15, 0.2) is 35.1 Å². The number of rotatable bonds is 7. The van der Waals surface area contributed by atoms with Crippen molar-refractivity contribution < 1.29 is 13.6 Å². The topological polar surface area (TPSA) is 111 Å². The van der Waals surface area contributed by atoms with Crippen LogP contribution in [-0.2, 0) is 4.79 Å². The van der Waals surface area contributed by atoms with E-state index in [0.717, 1.165) is 26.7 Å². The Kier molecular flexibility index (Phi) is 6.68. The molecule has 4 aromatic rings. The van der Waals surface area contributed by atoms with Gasteiger partial charge < -0.3 is 10.6 Å². The van der Waals surface area contributed by atoms with E-state index >= 15 is 0 Å². The Morgan fingerprint density at radius 3 is 2.78 bits per heavy atom. The van der Waals surface area contributed by atoms with Crippen LogP contribution < -0.4 is 10.6 Å². The highest BCUT2D eigenvalue weighted by Crippen LogP contribution is 2.39. The smallest absolute Gasteiger partial charge is 0.255 e. The number of nitrogens with one attached hydrogen (secondary N) is 2. The number of aromatic nitrogens is 6. The summed E-state index contributed by atoms with van der Waals surface area (Å²) in [6, 6.07) is 7.77. The number of benzene rings is 1. The van der Waals surface area contributed by atoms with Gasteiger partial charge in [-0.05, 0) is 66.4 Å². The van der Waals surface area contributed by atoms with Crippen LogP contribution in [0.2, 0.25) is 0 Å². The number of carbonyl (C=O) groups excluding carboxylic acids is 1. The molecule has 0 saturated heterocycles. The van der Waals surface area contributed by atoms with Crippen LogP contribution in [0.1, 0.15) is 31.2 Å². The summed E-state index contributed by atoms with van der Waals surface area (Å²) in [6.07, 6.45) is 0.919. The fourth-order valence-electron chi connectivity index (χ4n) is 4.41. The van der Waals surface area contributed by atoms with Crippen LogP contribution in [0.3, 0.4) is 0 Å². The molecule has 1 aliphatic carbocycles.